The first-order valence-corrected chi connectivity index (χ1v) is 12.8. The number of ether oxygens (including phenoxy) is 2. The number of hydrogen-bond acceptors (Lipinski definition) is 5. The highest BCUT2D eigenvalue weighted by molar-refractivity contribution is 6.99. The molecule has 0 saturated carbocycles. The van der Waals surface area contributed by atoms with Gasteiger partial charge in [-0.15, -0.1) is 0 Å². The van der Waals surface area contributed by atoms with Crippen molar-refractivity contribution in [2.24, 2.45) is 10.2 Å². The molecule has 0 bridgehead atoms. The van der Waals surface area contributed by atoms with Crippen molar-refractivity contribution in [1.29, 1.82) is 0 Å². The maximum atomic E-state index is 8.73. The molecule has 10 heteroatoms. The van der Waals surface area contributed by atoms with E-state index in [0.717, 1.165) is 10.4 Å². The molecular weight excluding hydrogens is 436 g/mol. The number of rotatable bonds is 9. The average Bonchev–Trinajstić information content (AvgIpc) is 3.13. The fourth-order valence-corrected chi connectivity index (χ4v) is 9.07. The van der Waals surface area contributed by atoms with Crippen LogP contribution in [0.1, 0.15) is 27.7 Å². The molecule has 1 fully saturated rings. The fraction of sp³-hybridized carbons (Fsp3) is 0.478. The van der Waals surface area contributed by atoms with Crippen molar-refractivity contribution in [2.75, 3.05) is 19.7 Å². The molecule has 0 radical (unpaired) electrons. The quantitative estimate of drug-likeness (QED) is 0.230. The van der Waals surface area contributed by atoms with Gasteiger partial charge in [-0.1, -0.05) is 91.7 Å². The molecule has 2 aromatic rings. The van der Waals surface area contributed by atoms with E-state index < -0.39 is 26.3 Å². The molecule has 0 amide bonds. The summed E-state index contributed by atoms with van der Waals surface area (Å²) in [6, 6.07) is 20.6. The van der Waals surface area contributed by atoms with Crippen LogP contribution in [0.5, 0.6) is 0 Å². The molecule has 1 aliphatic heterocycles. The lowest BCUT2D eigenvalue weighted by Gasteiger charge is -2.44. The number of hydrogen-bond donors (Lipinski definition) is 0. The van der Waals surface area contributed by atoms with Gasteiger partial charge < -0.3 is 13.9 Å². The summed E-state index contributed by atoms with van der Waals surface area (Å²) in [4.78, 5) is 5.64. The van der Waals surface area contributed by atoms with E-state index in [4.69, 9.17) is 25.0 Å². The SMILES string of the molecule is CC1(CO[Si](c2ccccc2)(c2ccccc2)C(C)(C)C)O[C@@H](CN=[N+]=[N-])[C@H](CN=[N+]=[N-])O1. The second-order valence-corrected chi connectivity index (χ2v) is 13.5. The first kappa shape index (κ1) is 24.8. The molecule has 1 aliphatic rings. The second-order valence-electron chi connectivity index (χ2n) is 9.23. The van der Waals surface area contributed by atoms with Crippen LogP contribution in [-0.2, 0) is 13.9 Å². The molecule has 0 aromatic heterocycles. The standard InChI is InChI=1S/C23H30N6O3Si/c1-22(2,3)33(18-11-7-5-8-12-18,19-13-9-6-10-14-19)30-17-23(4)31-20(15-26-28-24)21(32-23)16-27-29-25/h5-14,20-21H,15-17H2,1-4H3/t20-,21-/m0/s1. The monoisotopic (exact) mass is 466 g/mol. The van der Waals surface area contributed by atoms with E-state index in [-0.39, 0.29) is 24.7 Å². The van der Waals surface area contributed by atoms with E-state index in [0.29, 0.717) is 0 Å². The number of nitrogens with zero attached hydrogens (tertiary/aromatic N) is 6. The Kier molecular flexibility index (Phi) is 7.81. The zero-order valence-corrected chi connectivity index (χ0v) is 20.5. The first-order valence-electron chi connectivity index (χ1n) is 10.9. The molecule has 0 unspecified atom stereocenters. The van der Waals surface area contributed by atoms with Gasteiger partial charge in [-0.05, 0) is 33.4 Å². The molecule has 0 aliphatic carbocycles. The largest absolute Gasteiger partial charge is 0.402 e. The van der Waals surface area contributed by atoms with Crippen LogP contribution in [0.15, 0.2) is 70.9 Å². The Balaban J connectivity index is 1.97. The highest BCUT2D eigenvalue weighted by Gasteiger charge is 2.53. The summed E-state index contributed by atoms with van der Waals surface area (Å²) in [5, 5.41) is 9.37. The zero-order valence-electron chi connectivity index (χ0n) is 19.5. The zero-order chi connectivity index (χ0) is 24.0. The summed E-state index contributed by atoms with van der Waals surface area (Å²) in [5.74, 6) is -1.08. The summed E-state index contributed by atoms with van der Waals surface area (Å²) in [6.45, 7) is 8.74. The maximum absolute atomic E-state index is 8.73. The molecule has 2 atom stereocenters. The molecule has 0 N–H and O–H groups in total. The Hall–Kier alpha value is -2.84. The van der Waals surface area contributed by atoms with Gasteiger partial charge in [0.25, 0.3) is 8.32 Å². The molecular formula is C23H30N6O3Si. The minimum absolute atomic E-state index is 0.0803. The van der Waals surface area contributed by atoms with E-state index in [1.807, 2.05) is 43.3 Å². The lowest BCUT2D eigenvalue weighted by molar-refractivity contribution is -0.180. The van der Waals surface area contributed by atoms with E-state index in [1.54, 1.807) is 0 Å². The summed E-state index contributed by atoms with van der Waals surface area (Å²) in [6.07, 6.45) is -1.06. The van der Waals surface area contributed by atoms with Crippen LogP contribution in [0, 0.1) is 0 Å². The molecule has 1 heterocycles. The van der Waals surface area contributed by atoms with Crippen LogP contribution in [0.2, 0.25) is 5.04 Å². The van der Waals surface area contributed by atoms with Gasteiger partial charge in [0.2, 0.25) is 0 Å². The molecule has 1 saturated heterocycles. The van der Waals surface area contributed by atoms with Crippen molar-refractivity contribution in [3.8, 4) is 0 Å². The lowest BCUT2D eigenvalue weighted by atomic mass is 10.2. The third-order valence-electron chi connectivity index (χ3n) is 5.83. The maximum Gasteiger partial charge on any atom is 0.261 e. The van der Waals surface area contributed by atoms with Crippen molar-refractivity contribution in [3.05, 3.63) is 81.5 Å². The molecule has 174 valence electrons. The Bertz CT molecular complexity index is 950. The smallest absolute Gasteiger partial charge is 0.261 e. The van der Waals surface area contributed by atoms with Gasteiger partial charge in [0.1, 0.15) is 0 Å². The predicted octanol–water partition coefficient (Wildman–Crippen LogP) is 4.68. The van der Waals surface area contributed by atoms with Gasteiger partial charge in [-0.25, -0.2) is 0 Å². The first-order chi connectivity index (χ1) is 15.8. The Morgan fingerprint density at radius 3 is 1.67 bits per heavy atom. The Labute approximate surface area is 195 Å². The number of azide groups is 2. The van der Waals surface area contributed by atoms with Crippen molar-refractivity contribution in [3.63, 3.8) is 0 Å². The summed E-state index contributed by atoms with van der Waals surface area (Å²) < 4.78 is 19.3. The summed E-state index contributed by atoms with van der Waals surface area (Å²) in [5.41, 5.74) is 17.5. The van der Waals surface area contributed by atoms with Crippen LogP contribution in [0.25, 0.3) is 20.9 Å². The summed E-state index contributed by atoms with van der Waals surface area (Å²) in [7, 11) is -2.78. The van der Waals surface area contributed by atoms with Gasteiger partial charge >= 0.3 is 0 Å². The average molecular weight is 467 g/mol. The van der Waals surface area contributed by atoms with Crippen LogP contribution in [-0.4, -0.2) is 46.0 Å². The van der Waals surface area contributed by atoms with E-state index in [1.165, 1.54) is 0 Å². The van der Waals surface area contributed by atoms with Gasteiger partial charge in [0, 0.05) is 9.82 Å². The van der Waals surface area contributed by atoms with Crippen LogP contribution >= 0.6 is 0 Å². The van der Waals surface area contributed by atoms with Crippen LogP contribution in [0.4, 0.5) is 0 Å². The van der Waals surface area contributed by atoms with Gasteiger partial charge in [0.05, 0.1) is 31.9 Å². The van der Waals surface area contributed by atoms with E-state index in [2.05, 4.69) is 65.1 Å². The topological polar surface area (TPSA) is 125 Å². The predicted molar refractivity (Wildman–Crippen MR) is 130 cm³/mol. The highest BCUT2D eigenvalue weighted by Crippen LogP contribution is 2.39. The van der Waals surface area contributed by atoms with Gasteiger partial charge in [0.15, 0.2) is 5.79 Å². The molecule has 3 rings (SSSR count). The minimum atomic E-state index is -2.78. The molecule has 2 aromatic carbocycles. The third-order valence-corrected chi connectivity index (χ3v) is 10.8. The van der Waals surface area contributed by atoms with Crippen molar-refractivity contribution in [2.45, 2.75) is 50.7 Å². The molecule has 0 spiro atoms. The van der Waals surface area contributed by atoms with Crippen molar-refractivity contribution in [1.82, 2.24) is 0 Å². The fourth-order valence-electron chi connectivity index (χ4n) is 4.43. The summed E-state index contributed by atoms with van der Waals surface area (Å²) >= 11 is 0. The Morgan fingerprint density at radius 1 is 0.879 bits per heavy atom. The second kappa shape index (κ2) is 10.4. The number of benzene rings is 2. The normalized spacial score (nSPS) is 22.9. The third kappa shape index (κ3) is 5.39. The van der Waals surface area contributed by atoms with Gasteiger partial charge in [-0.2, -0.15) is 0 Å². The highest BCUT2D eigenvalue weighted by atomic mass is 28.4. The minimum Gasteiger partial charge on any atom is -0.402 e. The van der Waals surface area contributed by atoms with Crippen molar-refractivity contribution < 1.29 is 13.9 Å². The van der Waals surface area contributed by atoms with Crippen LogP contribution in [0.3, 0.4) is 0 Å². The molecule has 9 nitrogen and oxygen atoms in total. The van der Waals surface area contributed by atoms with E-state index >= 15 is 0 Å². The van der Waals surface area contributed by atoms with E-state index in [9.17, 15) is 0 Å². The van der Waals surface area contributed by atoms with Crippen molar-refractivity contribution >= 4 is 18.7 Å². The van der Waals surface area contributed by atoms with Gasteiger partial charge in [-0.3, -0.25) is 0 Å². The molecule has 33 heavy (non-hydrogen) atoms. The van der Waals surface area contributed by atoms with Crippen LogP contribution < -0.4 is 10.4 Å². The lowest BCUT2D eigenvalue weighted by Crippen LogP contribution is -2.67. The Morgan fingerprint density at radius 2 is 1.30 bits per heavy atom.